The summed E-state index contributed by atoms with van der Waals surface area (Å²) in [6, 6.07) is 7.38. The van der Waals surface area contributed by atoms with Crippen LogP contribution in [0.3, 0.4) is 0 Å². The van der Waals surface area contributed by atoms with Gasteiger partial charge in [-0.15, -0.1) is 5.10 Å². The zero-order chi connectivity index (χ0) is 24.3. The molecule has 5 atom stereocenters. The van der Waals surface area contributed by atoms with E-state index >= 15 is 0 Å². The van der Waals surface area contributed by atoms with Crippen molar-refractivity contribution in [2.24, 2.45) is 5.92 Å². The minimum absolute atomic E-state index is 0.154. The number of ether oxygens (including phenoxy) is 3. The summed E-state index contributed by atoms with van der Waals surface area (Å²) in [6.07, 6.45) is -1.11. The molecule has 0 spiro atoms. The van der Waals surface area contributed by atoms with E-state index in [1.807, 2.05) is 39.0 Å². The average Bonchev–Trinajstić information content (AvgIpc) is 2.74. The first-order chi connectivity index (χ1) is 15.6. The summed E-state index contributed by atoms with van der Waals surface area (Å²) < 4.78 is 17.6. The van der Waals surface area contributed by atoms with E-state index in [0.29, 0.717) is 23.0 Å². The maximum atomic E-state index is 11.9. The van der Waals surface area contributed by atoms with Gasteiger partial charge in [0.05, 0.1) is 11.8 Å². The van der Waals surface area contributed by atoms with Crippen molar-refractivity contribution in [1.82, 2.24) is 10.2 Å². The molecule has 0 amide bonds. The minimum atomic E-state index is -0.796. The lowest BCUT2D eigenvalue weighted by molar-refractivity contribution is -0.225. The molecule has 0 aliphatic carbocycles. The Hall–Kier alpha value is -2.22. The molecule has 1 aliphatic rings. The lowest BCUT2D eigenvalue weighted by Crippen LogP contribution is -2.52. The molecular weight excluding hydrogens is 467 g/mol. The molecule has 0 radical (unpaired) electrons. The predicted octanol–water partition coefficient (Wildman–Crippen LogP) is 5.03. The first-order valence-corrected chi connectivity index (χ1v) is 11.6. The van der Waals surface area contributed by atoms with Gasteiger partial charge in [-0.1, -0.05) is 49.2 Å². The Labute approximate surface area is 203 Å². The second kappa shape index (κ2) is 10.8. The molecule has 1 aromatic heterocycles. The van der Waals surface area contributed by atoms with Crippen molar-refractivity contribution in [2.45, 2.75) is 71.9 Å². The van der Waals surface area contributed by atoms with Gasteiger partial charge in [0, 0.05) is 31.2 Å². The fourth-order valence-electron chi connectivity index (χ4n) is 4.21. The number of rotatable bonds is 6. The lowest BCUT2D eigenvalue weighted by atomic mass is 9.84. The third-order valence-corrected chi connectivity index (χ3v) is 6.54. The Balaban J connectivity index is 1.99. The highest BCUT2D eigenvalue weighted by molar-refractivity contribution is 6.31. The Morgan fingerprint density at radius 1 is 1.06 bits per heavy atom. The molecule has 1 aliphatic heterocycles. The van der Waals surface area contributed by atoms with E-state index in [9.17, 15) is 9.59 Å². The number of esters is 2. The Bertz CT molecular complexity index is 1030. The summed E-state index contributed by atoms with van der Waals surface area (Å²) >= 11 is 12.5. The van der Waals surface area contributed by atoms with Crippen molar-refractivity contribution in [3.8, 4) is 0 Å². The smallest absolute Gasteiger partial charge is 0.303 e. The molecule has 33 heavy (non-hydrogen) atoms. The maximum Gasteiger partial charge on any atom is 0.303 e. The van der Waals surface area contributed by atoms with Crippen LogP contribution >= 0.6 is 23.2 Å². The molecule has 3 rings (SSSR count). The standard InChI is InChI=1S/C24H28Cl2N2O5/c1-6-20-13(3)21(31-14(4)29)23(32-15(5)30)22(33-20)16-7-8-19(25)17(10-16)11-18-9-12(2)24(26)28-27-18/h7-10,13,20-23H,6,11H2,1-5H3/t13-,20-,21+,22+,23-/m1/s1. The molecule has 178 valence electrons. The Kier molecular flexibility index (Phi) is 8.32. The lowest BCUT2D eigenvalue weighted by Gasteiger charge is -2.44. The summed E-state index contributed by atoms with van der Waals surface area (Å²) in [4.78, 5) is 23.8. The number of aromatic nitrogens is 2. The van der Waals surface area contributed by atoms with Crippen LogP contribution in [0.4, 0.5) is 0 Å². The van der Waals surface area contributed by atoms with Crippen LogP contribution in [0.2, 0.25) is 10.2 Å². The number of carbonyl (C=O) groups excluding carboxylic acids is 2. The number of hydrogen-bond donors (Lipinski definition) is 0. The largest absolute Gasteiger partial charge is 0.458 e. The van der Waals surface area contributed by atoms with E-state index in [4.69, 9.17) is 37.4 Å². The first-order valence-electron chi connectivity index (χ1n) is 10.9. The third-order valence-electron chi connectivity index (χ3n) is 5.80. The van der Waals surface area contributed by atoms with Gasteiger partial charge in [0.25, 0.3) is 0 Å². The van der Waals surface area contributed by atoms with E-state index < -0.39 is 30.3 Å². The Morgan fingerprint density at radius 3 is 2.33 bits per heavy atom. The highest BCUT2D eigenvalue weighted by Crippen LogP contribution is 2.40. The highest BCUT2D eigenvalue weighted by atomic mass is 35.5. The molecule has 9 heteroatoms. The number of carbonyl (C=O) groups is 2. The van der Waals surface area contributed by atoms with Gasteiger partial charge in [0.2, 0.25) is 0 Å². The van der Waals surface area contributed by atoms with Crippen molar-refractivity contribution in [3.63, 3.8) is 0 Å². The number of halogens is 2. The number of nitrogens with zero attached hydrogens (tertiary/aromatic N) is 2. The van der Waals surface area contributed by atoms with Crippen LogP contribution in [0.1, 0.15) is 62.6 Å². The quantitative estimate of drug-likeness (QED) is 0.520. The van der Waals surface area contributed by atoms with Gasteiger partial charge in [0.15, 0.2) is 11.3 Å². The maximum absolute atomic E-state index is 11.9. The monoisotopic (exact) mass is 494 g/mol. The van der Waals surface area contributed by atoms with Gasteiger partial charge in [-0.2, -0.15) is 5.10 Å². The normalized spacial score (nSPS) is 24.9. The second-order valence-electron chi connectivity index (χ2n) is 8.35. The third kappa shape index (κ3) is 6.02. The van der Waals surface area contributed by atoms with Gasteiger partial charge >= 0.3 is 11.9 Å². The zero-order valence-electron chi connectivity index (χ0n) is 19.3. The number of benzene rings is 1. The topological polar surface area (TPSA) is 87.6 Å². The Morgan fingerprint density at radius 2 is 1.73 bits per heavy atom. The SMILES string of the molecule is CC[C@H]1O[C@@H](c2ccc(Cl)c(Cc3cc(C)c(Cl)nn3)c2)[C@H](OC(C)=O)[C@@H](OC(C)=O)[C@@H]1C. The van der Waals surface area contributed by atoms with E-state index in [0.717, 1.165) is 22.4 Å². The van der Waals surface area contributed by atoms with Gasteiger partial charge in [-0.25, -0.2) is 0 Å². The van der Waals surface area contributed by atoms with Crippen LogP contribution in [0.15, 0.2) is 24.3 Å². The van der Waals surface area contributed by atoms with E-state index in [1.54, 1.807) is 6.07 Å². The molecule has 0 saturated carbocycles. The number of aryl methyl sites for hydroxylation is 1. The van der Waals surface area contributed by atoms with E-state index in [-0.39, 0.29) is 12.0 Å². The molecule has 2 aromatic rings. The van der Waals surface area contributed by atoms with Crippen molar-refractivity contribution >= 4 is 35.1 Å². The molecule has 0 bridgehead atoms. The fraction of sp³-hybridized carbons (Fsp3) is 0.500. The van der Waals surface area contributed by atoms with Crippen LogP contribution in [0.5, 0.6) is 0 Å². The summed E-state index contributed by atoms with van der Waals surface area (Å²) in [5, 5.41) is 9.04. The summed E-state index contributed by atoms with van der Waals surface area (Å²) in [5.74, 6) is -1.07. The first kappa shape index (κ1) is 25.4. The molecule has 0 unspecified atom stereocenters. The van der Waals surface area contributed by atoms with Gasteiger partial charge in [0.1, 0.15) is 12.2 Å². The zero-order valence-corrected chi connectivity index (χ0v) is 20.8. The van der Waals surface area contributed by atoms with Gasteiger partial charge < -0.3 is 14.2 Å². The highest BCUT2D eigenvalue weighted by Gasteiger charge is 2.47. The molecule has 7 nitrogen and oxygen atoms in total. The minimum Gasteiger partial charge on any atom is -0.458 e. The van der Waals surface area contributed by atoms with Crippen LogP contribution in [-0.2, 0) is 30.2 Å². The number of hydrogen-bond acceptors (Lipinski definition) is 7. The average molecular weight is 495 g/mol. The fourth-order valence-corrected chi connectivity index (χ4v) is 4.49. The van der Waals surface area contributed by atoms with Crippen molar-refractivity contribution in [3.05, 3.63) is 56.8 Å². The van der Waals surface area contributed by atoms with Crippen molar-refractivity contribution in [1.29, 1.82) is 0 Å². The van der Waals surface area contributed by atoms with Crippen LogP contribution in [0, 0.1) is 12.8 Å². The molecule has 1 saturated heterocycles. The van der Waals surface area contributed by atoms with Crippen molar-refractivity contribution < 1.29 is 23.8 Å². The van der Waals surface area contributed by atoms with E-state index in [1.165, 1.54) is 13.8 Å². The van der Waals surface area contributed by atoms with Gasteiger partial charge in [-0.3, -0.25) is 9.59 Å². The van der Waals surface area contributed by atoms with Crippen LogP contribution in [0.25, 0.3) is 0 Å². The predicted molar refractivity (Wildman–Crippen MR) is 124 cm³/mol. The van der Waals surface area contributed by atoms with Crippen LogP contribution < -0.4 is 0 Å². The molecular formula is C24H28Cl2N2O5. The molecule has 1 fully saturated rings. The summed E-state index contributed by atoms with van der Waals surface area (Å²) in [6.45, 7) is 8.47. The van der Waals surface area contributed by atoms with Gasteiger partial charge in [-0.05, 0) is 42.2 Å². The van der Waals surface area contributed by atoms with Crippen molar-refractivity contribution in [2.75, 3.05) is 0 Å². The van der Waals surface area contributed by atoms with E-state index in [2.05, 4.69) is 10.2 Å². The molecule has 1 aromatic carbocycles. The van der Waals surface area contributed by atoms with Crippen LogP contribution in [-0.4, -0.2) is 40.4 Å². The summed E-state index contributed by atoms with van der Waals surface area (Å²) in [7, 11) is 0. The molecule has 2 heterocycles. The summed E-state index contributed by atoms with van der Waals surface area (Å²) in [5.41, 5.74) is 3.12. The second-order valence-corrected chi connectivity index (χ2v) is 9.11. The molecule has 0 N–H and O–H groups in total.